The van der Waals surface area contributed by atoms with Gasteiger partial charge in [0.15, 0.2) is 0 Å². The summed E-state index contributed by atoms with van der Waals surface area (Å²) in [5.41, 5.74) is 0.743. The average Bonchev–Trinajstić information content (AvgIpc) is 2.44. The SMILES string of the molecule is CC(CO)C(C)NC(=O)CCc1ccc(OC(F)(F)F)cc1. The molecule has 2 atom stereocenters. The maximum Gasteiger partial charge on any atom is 0.573 e. The van der Waals surface area contributed by atoms with Crippen LogP contribution in [0.25, 0.3) is 0 Å². The minimum Gasteiger partial charge on any atom is -0.406 e. The molecule has 0 radical (unpaired) electrons. The van der Waals surface area contributed by atoms with Crippen molar-refractivity contribution < 1.29 is 27.8 Å². The molecule has 0 spiro atoms. The van der Waals surface area contributed by atoms with E-state index >= 15 is 0 Å². The third kappa shape index (κ3) is 6.80. The summed E-state index contributed by atoms with van der Waals surface area (Å²) in [6, 6.07) is 5.29. The number of carbonyl (C=O) groups excluding carboxylic acids is 1. The van der Waals surface area contributed by atoms with E-state index < -0.39 is 6.36 Å². The predicted octanol–water partition coefficient (Wildman–Crippen LogP) is 2.65. The lowest BCUT2D eigenvalue weighted by molar-refractivity contribution is -0.274. The topological polar surface area (TPSA) is 58.6 Å². The van der Waals surface area contributed by atoms with Gasteiger partial charge in [-0.2, -0.15) is 0 Å². The molecule has 0 heterocycles. The van der Waals surface area contributed by atoms with Crippen LogP contribution in [0.4, 0.5) is 13.2 Å². The number of aliphatic hydroxyl groups excluding tert-OH is 1. The number of carbonyl (C=O) groups is 1. The van der Waals surface area contributed by atoms with E-state index in [0.29, 0.717) is 6.42 Å². The van der Waals surface area contributed by atoms with Gasteiger partial charge in [-0.3, -0.25) is 4.79 Å². The van der Waals surface area contributed by atoms with Gasteiger partial charge >= 0.3 is 6.36 Å². The molecule has 1 aromatic carbocycles. The van der Waals surface area contributed by atoms with Crippen LogP contribution in [0.5, 0.6) is 5.75 Å². The summed E-state index contributed by atoms with van der Waals surface area (Å²) in [4.78, 5) is 11.7. The molecule has 2 N–H and O–H groups in total. The molecule has 0 fully saturated rings. The Morgan fingerprint density at radius 1 is 1.27 bits per heavy atom. The van der Waals surface area contributed by atoms with E-state index in [-0.39, 0.29) is 36.6 Å². The Labute approximate surface area is 127 Å². The second-order valence-corrected chi connectivity index (χ2v) is 5.21. The number of benzene rings is 1. The highest BCUT2D eigenvalue weighted by molar-refractivity contribution is 5.76. The van der Waals surface area contributed by atoms with E-state index in [0.717, 1.165) is 5.56 Å². The largest absolute Gasteiger partial charge is 0.573 e. The number of alkyl halides is 3. The smallest absolute Gasteiger partial charge is 0.406 e. The zero-order chi connectivity index (χ0) is 16.8. The third-order valence-corrected chi connectivity index (χ3v) is 3.33. The van der Waals surface area contributed by atoms with Gasteiger partial charge in [-0.05, 0) is 37.0 Å². The van der Waals surface area contributed by atoms with Crippen molar-refractivity contribution in [1.82, 2.24) is 5.32 Å². The van der Waals surface area contributed by atoms with Gasteiger partial charge in [-0.25, -0.2) is 0 Å². The number of aryl methyl sites for hydroxylation is 1. The first-order valence-electron chi connectivity index (χ1n) is 6.96. The normalized spacial score (nSPS) is 14.3. The summed E-state index contributed by atoms with van der Waals surface area (Å²) in [5, 5.41) is 11.8. The molecule has 124 valence electrons. The molecule has 1 aromatic rings. The lowest BCUT2D eigenvalue weighted by Gasteiger charge is -2.19. The number of ether oxygens (including phenoxy) is 1. The fourth-order valence-corrected chi connectivity index (χ4v) is 1.74. The molecule has 0 aliphatic heterocycles. The van der Waals surface area contributed by atoms with Crippen molar-refractivity contribution in [1.29, 1.82) is 0 Å². The van der Waals surface area contributed by atoms with Gasteiger partial charge in [-0.15, -0.1) is 13.2 Å². The van der Waals surface area contributed by atoms with Gasteiger partial charge in [0.1, 0.15) is 5.75 Å². The van der Waals surface area contributed by atoms with Gasteiger partial charge in [-0.1, -0.05) is 19.1 Å². The molecular formula is C15H20F3NO3. The van der Waals surface area contributed by atoms with E-state index in [9.17, 15) is 18.0 Å². The Morgan fingerprint density at radius 2 is 1.86 bits per heavy atom. The molecule has 0 bridgehead atoms. The molecule has 0 aliphatic rings. The number of nitrogens with one attached hydrogen (secondary N) is 1. The van der Waals surface area contributed by atoms with E-state index in [4.69, 9.17) is 5.11 Å². The monoisotopic (exact) mass is 319 g/mol. The number of hydrogen-bond acceptors (Lipinski definition) is 3. The molecule has 0 saturated heterocycles. The van der Waals surface area contributed by atoms with E-state index in [1.54, 1.807) is 0 Å². The van der Waals surface area contributed by atoms with Crippen molar-refractivity contribution in [3.63, 3.8) is 0 Å². The molecule has 2 unspecified atom stereocenters. The second-order valence-electron chi connectivity index (χ2n) is 5.21. The standard InChI is InChI=1S/C15H20F3NO3/c1-10(9-20)11(2)19-14(21)8-5-12-3-6-13(7-4-12)22-15(16,17)18/h3-4,6-7,10-11,20H,5,8-9H2,1-2H3,(H,19,21). The van der Waals surface area contributed by atoms with Crippen LogP contribution < -0.4 is 10.1 Å². The van der Waals surface area contributed by atoms with E-state index in [2.05, 4.69) is 10.1 Å². The van der Waals surface area contributed by atoms with Crippen molar-refractivity contribution in [2.24, 2.45) is 5.92 Å². The minimum atomic E-state index is -4.71. The van der Waals surface area contributed by atoms with Crippen molar-refractivity contribution in [3.05, 3.63) is 29.8 Å². The van der Waals surface area contributed by atoms with Gasteiger partial charge < -0.3 is 15.2 Å². The summed E-state index contributed by atoms with van der Waals surface area (Å²) in [5.74, 6) is -0.489. The molecule has 7 heteroatoms. The van der Waals surface area contributed by atoms with Crippen LogP contribution in [-0.4, -0.2) is 30.0 Å². The number of amides is 1. The number of aliphatic hydroxyl groups is 1. The van der Waals surface area contributed by atoms with Crippen LogP contribution in [0.2, 0.25) is 0 Å². The predicted molar refractivity (Wildman–Crippen MR) is 75.3 cm³/mol. The Balaban J connectivity index is 2.43. The van der Waals surface area contributed by atoms with Crippen LogP contribution in [0.1, 0.15) is 25.8 Å². The van der Waals surface area contributed by atoms with Crippen LogP contribution in [0.3, 0.4) is 0 Å². The first kappa shape index (κ1) is 18.3. The first-order valence-corrected chi connectivity index (χ1v) is 6.96. The molecule has 22 heavy (non-hydrogen) atoms. The van der Waals surface area contributed by atoms with Gasteiger partial charge in [0.05, 0.1) is 0 Å². The van der Waals surface area contributed by atoms with Crippen LogP contribution in [0.15, 0.2) is 24.3 Å². The fraction of sp³-hybridized carbons (Fsp3) is 0.533. The molecule has 0 aliphatic carbocycles. The van der Waals surface area contributed by atoms with E-state index in [1.165, 1.54) is 24.3 Å². The Morgan fingerprint density at radius 3 is 2.36 bits per heavy atom. The van der Waals surface area contributed by atoms with Crippen molar-refractivity contribution >= 4 is 5.91 Å². The zero-order valence-electron chi connectivity index (χ0n) is 12.5. The first-order chi connectivity index (χ1) is 10.2. The number of rotatable bonds is 7. The third-order valence-electron chi connectivity index (χ3n) is 3.33. The van der Waals surface area contributed by atoms with Crippen molar-refractivity contribution in [2.45, 2.75) is 39.1 Å². The highest BCUT2D eigenvalue weighted by Crippen LogP contribution is 2.23. The quantitative estimate of drug-likeness (QED) is 0.812. The van der Waals surface area contributed by atoms with Gasteiger partial charge in [0.2, 0.25) is 5.91 Å². The Bertz CT molecular complexity index is 474. The Kier molecular flexibility index (Phi) is 6.67. The maximum absolute atomic E-state index is 12.0. The van der Waals surface area contributed by atoms with Crippen LogP contribution >= 0.6 is 0 Å². The highest BCUT2D eigenvalue weighted by atomic mass is 19.4. The molecule has 0 saturated carbocycles. The lowest BCUT2D eigenvalue weighted by atomic mass is 10.0. The van der Waals surface area contributed by atoms with E-state index in [1.807, 2.05) is 13.8 Å². The van der Waals surface area contributed by atoms with Gasteiger partial charge in [0, 0.05) is 19.1 Å². The highest BCUT2D eigenvalue weighted by Gasteiger charge is 2.30. The molecule has 4 nitrogen and oxygen atoms in total. The van der Waals surface area contributed by atoms with Crippen LogP contribution in [-0.2, 0) is 11.2 Å². The number of halogens is 3. The average molecular weight is 319 g/mol. The summed E-state index contributed by atoms with van der Waals surface area (Å²) in [6.07, 6.45) is -4.07. The molecule has 1 amide bonds. The van der Waals surface area contributed by atoms with Crippen LogP contribution in [0, 0.1) is 5.92 Å². The maximum atomic E-state index is 12.0. The van der Waals surface area contributed by atoms with Crippen molar-refractivity contribution in [3.8, 4) is 5.75 Å². The molecule has 0 aromatic heterocycles. The van der Waals surface area contributed by atoms with Gasteiger partial charge in [0.25, 0.3) is 0 Å². The summed E-state index contributed by atoms with van der Waals surface area (Å²) < 4.78 is 39.8. The number of hydrogen-bond donors (Lipinski definition) is 2. The minimum absolute atomic E-state index is 0.0118. The fourth-order valence-electron chi connectivity index (χ4n) is 1.74. The zero-order valence-corrected chi connectivity index (χ0v) is 12.5. The second kappa shape index (κ2) is 8.03. The lowest BCUT2D eigenvalue weighted by Crippen LogP contribution is -2.38. The summed E-state index contributed by atoms with van der Waals surface area (Å²) >= 11 is 0. The summed E-state index contributed by atoms with van der Waals surface area (Å²) in [6.45, 7) is 3.62. The Hall–Kier alpha value is -1.76. The molecule has 1 rings (SSSR count). The summed E-state index contributed by atoms with van der Waals surface area (Å²) in [7, 11) is 0. The van der Waals surface area contributed by atoms with Crippen molar-refractivity contribution in [2.75, 3.05) is 6.61 Å². The molecular weight excluding hydrogens is 299 g/mol.